The van der Waals surface area contributed by atoms with Crippen molar-refractivity contribution in [1.82, 2.24) is 4.98 Å². The molecule has 1 aromatic rings. The third-order valence-corrected chi connectivity index (χ3v) is 2.22. The molecule has 0 saturated heterocycles. The lowest BCUT2D eigenvalue weighted by atomic mass is 10.2. The van der Waals surface area contributed by atoms with Gasteiger partial charge in [0.25, 0.3) is 0 Å². The number of nitrogens with one attached hydrogen (secondary N) is 1. The number of halogens is 3. The van der Waals surface area contributed by atoms with Crippen molar-refractivity contribution in [2.24, 2.45) is 0 Å². The third-order valence-electron chi connectivity index (χ3n) is 2.22. The maximum absolute atomic E-state index is 12.5. The van der Waals surface area contributed by atoms with Crippen LogP contribution in [0.25, 0.3) is 0 Å². The van der Waals surface area contributed by atoms with Gasteiger partial charge in [0, 0.05) is 13.2 Å². The molecule has 0 aliphatic rings. The van der Waals surface area contributed by atoms with Crippen LogP contribution in [0, 0.1) is 0 Å². The molecule has 0 radical (unpaired) electrons. The highest BCUT2D eigenvalue weighted by atomic mass is 19.4. The molecule has 0 aromatic carbocycles. The van der Waals surface area contributed by atoms with Gasteiger partial charge in [-0.15, -0.1) is 0 Å². The first-order valence-electron chi connectivity index (χ1n) is 5.32. The fourth-order valence-electron chi connectivity index (χ4n) is 1.42. The molecular weight excluding hydrogens is 265 g/mol. The molecule has 0 spiro atoms. The molecule has 2 N–H and O–H groups in total. The number of aromatic nitrogens is 1. The lowest BCUT2D eigenvalue weighted by Gasteiger charge is -2.16. The Kier molecular flexibility index (Phi) is 4.71. The fraction of sp³-hybridized carbons (Fsp3) is 0.455. The number of hydrogen-bond donors (Lipinski definition) is 2. The third kappa shape index (κ3) is 4.09. The minimum absolute atomic E-state index is 0.205. The lowest BCUT2D eigenvalue weighted by Crippen LogP contribution is -2.24. The van der Waals surface area contributed by atoms with Crippen LogP contribution in [0.2, 0.25) is 0 Å². The number of anilines is 1. The van der Waals surface area contributed by atoms with E-state index in [0.717, 1.165) is 6.07 Å². The van der Waals surface area contributed by atoms with Crippen molar-refractivity contribution in [3.8, 4) is 0 Å². The lowest BCUT2D eigenvalue weighted by molar-refractivity contribution is -0.141. The summed E-state index contributed by atoms with van der Waals surface area (Å²) in [6.45, 7) is 1.84. The van der Waals surface area contributed by atoms with Crippen molar-refractivity contribution in [3.05, 3.63) is 23.4 Å². The van der Waals surface area contributed by atoms with Gasteiger partial charge in [0.2, 0.25) is 0 Å². The standard InChI is InChI=1S/C11H13F3N2O3/c1-6(5-19-2)15-9-7(10(17)18)3-4-8(16-9)11(12,13)14/h3-4,6H,5H2,1-2H3,(H,15,16)(H,17,18). The second-order valence-corrected chi connectivity index (χ2v) is 3.90. The van der Waals surface area contributed by atoms with E-state index in [-0.39, 0.29) is 24.0 Å². The zero-order valence-corrected chi connectivity index (χ0v) is 10.3. The number of alkyl halides is 3. The predicted octanol–water partition coefficient (Wildman–Crippen LogP) is 2.25. The van der Waals surface area contributed by atoms with Crippen molar-refractivity contribution in [2.45, 2.75) is 19.1 Å². The van der Waals surface area contributed by atoms with E-state index in [0.29, 0.717) is 6.07 Å². The van der Waals surface area contributed by atoms with Crippen LogP contribution >= 0.6 is 0 Å². The second-order valence-electron chi connectivity index (χ2n) is 3.90. The summed E-state index contributed by atoms with van der Waals surface area (Å²) in [6, 6.07) is 1.13. The second kappa shape index (κ2) is 5.87. The maximum atomic E-state index is 12.5. The van der Waals surface area contributed by atoms with E-state index in [1.54, 1.807) is 6.92 Å². The Bertz CT molecular complexity index is 463. The molecule has 0 aliphatic heterocycles. The highest BCUT2D eigenvalue weighted by molar-refractivity contribution is 5.93. The van der Waals surface area contributed by atoms with Gasteiger partial charge in [0.1, 0.15) is 17.1 Å². The van der Waals surface area contributed by atoms with Crippen molar-refractivity contribution < 1.29 is 27.8 Å². The van der Waals surface area contributed by atoms with Crippen molar-refractivity contribution >= 4 is 11.8 Å². The van der Waals surface area contributed by atoms with Crippen LogP contribution in [0.15, 0.2) is 12.1 Å². The number of pyridine rings is 1. The van der Waals surface area contributed by atoms with Crippen LogP contribution in [0.4, 0.5) is 19.0 Å². The summed E-state index contributed by atoms with van der Waals surface area (Å²) >= 11 is 0. The van der Waals surface area contributed by atoms with Crippen LogP contribution < -0.4 is 5.32 Å². The Labute approximate surface area is 107 Å². The van der Waals surface area contributed by atoms with Gasteiger partial charge in [-0.3, -0.25) is 0 Å². The van der Waals surface area contributed by atoms with E-state index in [4.69, 9.17) is 9.84 Å². The molecule has 0 amide bonds. The number of nitrogens with zero attached hydrogens (tertiary/aromatic N) is 1. The monoisotopic (exact) mass is 278 g/mol. The van der Waals surface area contributed by atoms with Gasteiger partial charge in [-0.05, 0) is 19.1 Å². The highest BCUT2D eigenvalue weighted by Crippen LogP contribution is 2.29. The summed E-state index contributed by atoms with van der Waals surface area (Å²) in [4.78, 5) is 14.2. The molecule has 106 valence electrons. The first-order valence-corrected chi connectivity index (χ1v) is 5.32. The smallest absolute Gasteiger partial charge is 0.433 e. The number of carboxylic acid groups (broad SMARTS) is 1. The number of carboxylic acids is 1. The largest absolute Gasteiger partial charge is 0.478 e. The molecule has 1 aromatic heterocycles. The van der Waals surface area contributed by atoms with Crippen LogP contribution in [-0.2, 0) is 10.9 Å². The maximum Gasteiger partial charge on any atom is 0.433 e. The van der Waals surface area contributed by atoms with Gasteiger partial charge in [0.05, 0.1) is 6.61 Å². The summed E-state index contributed by atoms with van der Waals surface area (Å²) in [6.07, 6.45) is -4.63. The summed E-state index contributed by atoms with van der Waals surface area (Å²) in [7, 11) is 1.43. The Hall–Kier alpha value is -1.83. The number of aromatic carboxylic acids is 1. The Morgan fingerprint density at radius 2 is 2.16 bits per heavy atom. The van der Waals surface area contributed by atoms with E-state index in [9.17, 15) is 18.0 Å². The summed E-state index contributed by atoms with van der Waals surface area (Å²) in [5, 5.41) is 11.5. The average Bonchev–Trinajstić information content (AvgIpc) is 2.27. The predicted molar refractivity (Wildman–Crippen MR) is 61.2 cm³/mol. The minimum atomic E-state index is -4.63. The molecule has 1 unspecified atom stereocenters. The van der Waals surface area contributed by atoms with Gasteiger partial charge >= 0.3 is 12.1 Å². The van der Waals surface area contributed by atoms with Crippen molar-refractivity contribution in [3.63, 3.8) is 0 Å². The van der Waals surface area contributed by atoms with E-state index in [1.165, 1.54) is 7.11 Å². The minimum Gasteiger partial charge on any atom is -0.478 e. The van der Waals surface area contributed by atoms with Gasteiger partial charge in [0.15, 0.2) is 0 Å². The first-order chi connectivity index (χ1) is 8.75. The number of rotatable bonds is 5. The average molecular weight is 278 g/mol. The van der Waals surface area contributed by atoms with E-state index in [2.05, 4.69) is 10.3 Å². The molecule has 0 saturated carbocycles. The molecule has 0 bridgehead atoms. The number of hydrogen-bond acceptors (Lipinski definition) is 4. The zero-order valence-electron chi connectivity index (χ0n) is 10.3. The van der Waals surface area contributed by atoms with Crippen molar-refractivity contribution in [1.29, 1.82) is 0 Å². The number of carbonyl (C=O) groups is 1. The summed E-state index contributed by atoms with van der Waals surface area (Å²) < 4.78 is 42.4. The van der Waals surface area contributed by atoms with Crippen LogP contribution in [-0.4, -0.2) is 35.8 Å². The quantitative estimate of drug-likeness (QED) is 0.864. The van der Waals surface area contributed by atoms with Crippen LogP contribution in [0.1, 0.15) is 23.0 Å². The first kappa shape index (κ1) is 15.2. The highest BCUT2D eigenvalue weighted by Gasteiger charge is 2.33. The molecule has 19 heavy (non-hydrogen) atoms. The summed E-state index contributed by atoms with van der Waals surface area (Å²) in [5.74, 6) is -1.68. The Morgan fingerprint density at radius 1 is 1.53 bits per heavy atom. The van der Waals surface area contributed by atoms with E-state index < -0.39 is 17.8 Å². The van der Waals surface area contributed by atoms with E-state index in [1.807, 2.05) is 0 Å². The number of methoxy groups -OCH3 is 1. The van der Waals surface area contributed by atoms with Gasteiger partial charge in [-0.1, -0.05) is 0 Å². The van der Waals surface area contributed by atoms with E-state index >= 15 is 0 Å². The Morgan fingerprint density at radius 3 is 2.63 bits per heavy atom. The molecule has 0 aliphatic carbocycles. The molecule has 1 atom stereocenters. The molecule has 1 rings (SSSR count). The number of ether oxygens (including phenoxy) is 1. The summed E-state index contributed by atoms with van der Waals surface area (Å²) in [5.41, 5.74) is -1.47. The van der Waals surface area contributed by atoms with Gasteiger partial charge < -0.3 is 15.2 Å². The van der Waals surface area contributed by atoms with Crippen LogP contribution in [0.3, 0.4) is 0 Å². The fourth-order valence-corrected chi connectivity index (χ4v) is 1.42. The van der Waals surface area contributed by atoms with Gasteiger partial charge in [-0.2, -0.15) is 13.2 Å². The molecular formula is C11H13F3N2O3. The van der Waals surface area contributed by atoms with Crippen molar-refractivity contribution in [2.75, 3.05) is 19.0 Å². The normalized spacial score (nSPS) is 13.1. The Balaban J connectivity index is 3.12. The topological polar surface area (TPSA) is 71.5 Å². The molecule has 8 heteroatoms. The van der Waals surface area contributed by atoms with Gasteiger partial charge in [-0.25, -0.2) is 9.78 Å². The molecule has 5 nitrogen and oxygen atoms in total. The molecule has 0 fully saturated rings. The molecule has 1 heterocycles. The SMILES string of the molecule is COCC(C)Nc1nc(C(F)(F)F)ccc1C(=O)O. The van der Waals surface area contributed by atoms with Crippen LogP contribution in [0.5, 0.6) is 0 Å². The zero-order chi connectivity index (χ0) is 14.6.